The topological polar surface area (TPSA) is 51.3 Å². The molecule has 1 aromatic rings. The Labute approximate surface area is 90.4 Å². The number of aliphatic imine (C=N–C) groups is 1. The standard InChI is InChI=1S/C12H17N3/c1-9-6-7-11(8-14-9)15-12(13)10-4-2-3-5-10/h6-8,10H,2-5H2,1H3,(H2,13,15). The van der Waals surface area contributed by atoms with Crippen molar-refractivity contribution in [2.75, 3.05) is 0 Å². The van der Waals surface area contributed by atoms with E-state index in [4.69, 9.17) is 5.73 Å². The molecule has 0 bridgehead atoms. The van der Waals surface area contributed by atoms with Gasteiger partial charge in [-0.05, 0) is 31.9 Å². The van der Waals surface area contributed by atoms with Crippen LogP contribution in [-0.2, 0) is 0 Å². The van der Waals surface area contributed by atoms with Crippen molar-refractivity contribution in [2.24, 2.45) is 16.6 Å². The van der Waals surface area contributed by atoms with Crippen LogP contribution in [0.25, 0.3) is 0 Å². The molecular weight excluding hydrogens is 186 g/mol. The molecule has 0 radical (unpaired) electrons. The maximum atomic E-state index is 5.97. The summed E-state index contributed by atoms with van der Waals surface area (Å²) in [6, 6.07) is 3.92. The highest BCUT2D eigenvalue weighted by molar-refractivity contribution is 5.85. The first-order chi connectivity index (χ1) is 7.25. The monoisotopic (exact) mass is 203 g/mol. The Morgan fingerprint density at radius 1 is 1.40 bits per heavy atom. The number of amidine groups is 1. The molecule has 0 aliphatic heterocycles. The Morgan fingerprint density at radius 3 is 2.73 bits per heavy atom. The van der Waals surface area contributed by atoms with Crippen molar-refractivity contribution in [1.82, 2.24) is 4.98 Å². The van der Waals surface area contributed by atoms with Crippen LogP contribution in [0, 0.1) is 12.8 Å². The molecule has 1 fully saturated rings. The first-order valence-electron chi connectivity index (χ1n) is 5.52. The van der Waals surface area contributed by atoms with Crippen molar-refractivity contribution in [3.63, 3.8) is 0 Å². The van der Waals surface area contributed by atoms with Crippen molar-refractivity contribution in [3.05, 3.63) is 24.0 Å². The maximum Gasteiger partial charge on any atom is 0.103 e. The molecule has 1 aromatic heterocycles. The normalized spacial score (nSPS) is 18.3. The zero-order valence-corrected chi connectivity index (χ0v) is 9.11. The third-order valence-electron chi connectivity index (χ3n) is 2.93. The summed E-state index contributed by atoms with van der Waals surface area (Å²) >= 11 is 0. The largest absolute Gasteiger partial charge is 0.387 e. The average molecular weight is 203 g/mol. The summed E-state index contributed by atoms with van der Waals surface area (Å²) in [5.41, 5.74) is 7.84. The van der Waals surface area contributed by atoms with Crippen molar-refractivity contribution >= 4 is 11.5 Å². The maximum absolute atomic E-state index is 5.97. The highest BCUT2D eigenvalue weighted by Gasteiger charge is 2.18. The van der Waals surface area contributed by atoms with Crippen LogP contribution in [0.4, 0.5) is 5.69 Å². The molecule has 0 aromatic carbocycles. The van der Waals surface area contributed by atoms with Crippen LogP contribution in [0.1, 0.15) is 31.4 Å². The van der Waals surface area contributed by atoms with Gasteiger partial charge in [0.1, 0.15) is 5.84 Å². The minimum atomic E-state index is 0.492. The predicted molar refractivity (Wildman–Crippen MR) is 62.2 cm³/mol. The van der Waals surface area contributed by atoms with Crippen molar-refractivity contribution in [1.29, 1.82) is 0 Å². The Kier molecular flexibility index (Phi) is 2.99. The van der Waals surface area contributed by atoms with E-state index < -0.39 is 0 Å². The molecule has 0 unspecified atom stereocenters. The Balaban J connectivity index is 2.11. The van der Waals surface area contributed by atoms with E-state index in [9.17, 15) is 0 Å². The summed E-state index contributed by atoms with van der Waals surface area (Å²) in [6.07, 6.45) is 6.72. The van der Waals surface area contributed by atoms with E-state index in [-0.39, 0.29) is 0 Å². The number of nitrogens with zero attached hydrogens (tertiary/aromatic N) is 2. The summed E-state index contributed by atoms with van der Waals surface area (Å²) in [7, 11) is 0. The fourth-order valence-electron chi connectivity index (χ4n) is 1.99. The minimum absolute atomic E-state index is 0.492. The second-order valence-electron chi connectivity index (χ2n) is 4.18. The molecule has 0 atom stereocenters. The summed E-state index contributed by atoms with van der Waals surface area (Å²) in [5.74, 6) is 1.27. The lowest BCUT2D eigenvalue weighted by Crippen LogP contribution is -2.20. The third kappa shape index (κ3) is 2.55. The van der Waals surface area contributed by atoms with E-state index in [0.29, 0.717) is 5.92 Å². The van der Waals surface area contributed by atoms with Crippen LogP contribution in [0.5, 0.6) is 0 Å². The van der Waals surface area contributed by atoms with Gasteiger partial charge in [-0.3, -0.25) is 4.98 Å². The fourth-order valence-corrected chi connectivity index (χ4v) is 1.99. The summed E-state index contributed by atoms with van der Waals surface area (Å²) in [5, 5.41) is 0. The SMILES string of the molecule is Cc1ccc(N=C(N)C2CCCC2)cn1. The van der Waals surface area contributed by atoms with E-state index in [2.05, 4.69) is 9.98 Å². The van der Waals surface area contributed by atoms with Gasteiger partial charge in [-0.2, -0.15) is 0 Å². The Hall–Kier alpha value is -1.38. The van der Waals surface area contributed by atoms with Gasteiger partial charge in [-0.1, -0.05) is 12.8 Å². The van der Waals surface area contributed by atoms with Gasteiger partial charge in [0.05, 0.1) is 11.9 Å². The number of aromatic nitrogens is 1. The molecule has 0 saturated heterocycles. The molecule has 0 spiro atoms. The molecule has 15 heavy (non-hydrogen) atoms. The minimum Gasteiger partial charge on any atom is -0.387 e. The van der Waals surface area contributed by atoms with Gasteiger partial charge in [0.2, 0.25) is 0 Å². The van der Waals surface area contributed by atoms with Crippen molar-refractivity contribution in [2.45, 2.75) is 32.6 Å². The fraction of sp³-hybridized carbons (Fsp3) is 0.500. The van der Waals surface area contributed by atoms with Gasteiger partial charge in [-0.25, -0.2) is 4.99 Å². The molecule has 2 rings (SSSR count). The number of rotatable bonds is 2. The van der Waals surface area contributed by atoms with Gasteiger partial charge >= 0.3 is 0 Å². The quantitative estimate of drug-likeness (QED) is 0.593. The lowest BCUT2D eigenvalue weighted by Gasteiger charge is -2.07. The van der Waals surface area contributed by atoms with Crippen LogP contribution >= 0.6 is 0 Å². The molecule has 1 aliphatic carbocycles. The van der Waals surface area contributed by atoms with Gasteiger partial charge in [0.15, 0.2) is 0 Å². The van der Waals surface area contributed by atoms with E-state index in [1.54, 1.807) is 6.20 Å². The van der Waals surface area contributed by atoms with Gasteiger partial charge in [0.25, 0.3) is 0 Å². The molecule has 0 amide bonds. The lowest BCUT2D eigenvalue weighted by atomic mass is 10.1. The van der Waals surface area contributed by atoms with Crippen molar-refractivity contribution in [3.8, 4) is 0 Å². The van der Waals surface area contributed by atoms with Crippen molar-refractivity contribution < 1.29 is 0 Å². The summed E-state index contributed by atoms with van der Waals surface area (Å²) < 4.78 is 0. The first-order valence-corrected chi connectivity index (χ1v) is 5.52. The molecule has 80 valence electrons. The zero-order valence-electron chi connectivity index (χ0n) is 9.11. The summed E-state index contributed by atoms with van der Waals surface area (Å²) in [6.45, 7) is 1.97. The molecule has 1 aliphatic rings. The first kappa shape index (κ1) is 10.1. The third-order valence-corrected chi connectivity index (χ3v) is 2.93. The molecular formula is C12H17N3. The highest BCUT2D eigenvalue weighted by Crippen LogP contribution is 2.25. The number of hydrogen-bond acceptors (Lipinski definition) is 2. The van der Waals surface area contributed by atoms with E-state index in [1.165, 1.54) is 25.7 Å². The van der Waals surface area contributed by atoms with Crippen LogP contribution < -0.4 is 5.73 Å². The number of hydrogen-bond donors (Lipinski definition) is 1. The average Bonchev–Trinajstić information content (AvgIpc) is 2.74. The number of pyridine rings is 1. The lowest BCUT2D eigenvalue weighted by molar-refractivity contribution is 0.722. The summed E-state index contributed by atoms with van der Waals surface area (Å²) in [4.78, 5) is 8.61. The molecule has 3 nitrogen and oxygen atoms in total. The van der Waals surface area contributed by atoms with Crippen LogP contribution in [0.3, 0.4) is 0 Å². The second-order valence-corrected chi connectivity index (χ2v) is 4.18. The van der Waals surface area contributed by atoms with Crippen LogP contribution in [0.15, 0.2) is 23.3 Å². The Morgan fingerprint density at radius 2 is 2.13 bits per heavy atom. The van der Waals surface area contributed by atoms with Gasteiger partial charge in [0, 0.05) is 11.6 Å². The predicted octanol–water partition coefficient (Wildman–Crippen LogP) is 2.57. The number of aryl methyl sites for hydroxylation is 1. The molecule has 1 saturated carbocycles. The smallest absolute Gasteiger partial charge is 0.103 e. The van der Waals surface area contributed by atoms with E-state index in [0.717, 1.165) is 17.2 Å². The zero-order chi connectivity index (χ0) is 10.7. The second kappa shape index (κ2) is 4.43. The van der Waals surface area contributed by atoms with Gasteiger partial charge in [-0.15, -0.1) is 0 Å². The number of nitrogens with two attached hydrogens (primary N) is 1. The van der Waals surface area contributed by atoms with E-state index in [1.807, 2.05) is 19.1 Å². The Bertz CT molecular complexity index is 348. The molecule has 3 heteroatoms. The van der Waals surface area contributed by atoms with E-state index >= 15 is 0 Å². The van der Waals surface area contributed by atoms with Crippen LogP contribution in [-0.4, -0.2) is 10.8 Å². The van der Waals surface area contributed by atoms with Crippen LogP contribution in [0.2, 0.25) is 0 Å². The van der Waals surface area contributed by atoms with Gasteiger partial charge < -0.3 is 5.73 Å². The molecule has 2 N–H and O–H groups in total. The molecule has 1 heterocycles. The highest BCUT2D eigenvalue weighted by atomic mass is 14.9.